The van der Waals surface area contributed by atoms with E-state index in [1.165, 1.54) is 12.3 Å². The zero-order chi connectivity index (χ0) is 9.97. The van der Waals surface area contributed by atoms with E-state index in [-0.39, 0.29) is 5.91 Å². The molecule has 4 heteroatoms. The molecule has 1 aliphatic rings. The largest absolute Gasteiger partial charge is 0.355 e. The molecule has 0 aliphatic carbocycles. The lowest BCUT2D eigenvalue weighted by molar-refractivity contribution is -0.113. The monoisotopic (exact) mass is 187 g/mol. The van der Waals surface area contributed by atoms with E-state index in [9.17, 15) is 9.59 Å². The number of para-hydroxylation sites is 1. The molecule has 0 atom stereocenters. The molecule has 69 valence electrons. The van der Waals surface area contributed by atoms with Gasteiger partial charge in [-0.1, -0.05) is 18.2 Å². The predicted octanol–water partition coefficient (Wildman–Crippen LogP) is 1.27. The molecule has 1 aliphatic heterocycles. The second-order valence-electron chi connectivity index (χ2n) is 2.74. The fourth-order valence-corrected chi connectivity index (χ4v) is 1.21. The van der Waals surface area contributed by atoms with E-state index in [1.54, 1.807) is 24.3 Å². The van der Waals surface area contributed by atoms with E-state index in [0.29, 0.717) is 5.69 Å². The van der Waals surface area contributed by atoms with Crippen LogP contribution in [0, 0.1) is 0 Å². The maximum Gasteiger partial charge on any atom is 0.355 e. The van der Waals surface area contributed by atoms with Crippen LogP contribution in [0.2, 0.25) is 0 Å². The lowest BCUT2D eigenvalue weighted by atomic mass is 10.3. The lowest BCUT2D eigenvalue weighted by Crippen LogP contribution is -2.41. The number of hydrogen-bond acceptors (Lipinski definition) is 2. The van der Waals surface area contributed by atoms with E-state index in [2.05, 4.69) is 5.32 Å². The van der Waals surface area contributed by atoms with Crippen LogP contribution in [-0.2, 0) is 4.79 Å². The number of benzene rings is 1. The molecule has 0 bridgehead atoms. The van der Waals surface area contributed by atoms with Gasteiger partial charge in [0.2, 0.25) is 0 Å². The third-order valence-electron chi connectivity index (χ3n) is 1.83. The maximum absolute atomic E-state index is 11.4. The Bertz CT molecular complexity index is 398. The van der Waals surface area contributed by atoms with E-state index in [1.807, 2.05) is 6.07 Å². The molecular formula is C10H7N2O2. The number of anilines is 1. The summed E-state index contributed by atoms with van der Waals surface area (Å²) in [5, 5.41) is 3.52. The van der Waals surface area contributed by atoms with Gasteiger partial charge in [0.15, 0.2) is 0 Å². The average Bonchev–Trinajstić information content (AvgIpc) is 2.19. The number of carbonyl (C=O) groups excluding carboxylic acids is 2. The highest BCUT2D eigenvalue weighted by atomic mass is 16.2. The SMILES string of the molecule is O=C1C=C[N]C(=O)N1c1ccccc1. The second kappa shape index (κ2) is 3.33. The van der Waals surface area contributed by atoms with E-state index >= 15 is 0 Å². The van der Waals surface area contributed by atoms with Gasteiger partial charge in [-0.15, -0.1) is 0 Å². The molecule has 0 N–H and O–H groups in total. The van der Waals surface area contributed by atoms with Crippen LogP contribution in [0.15, 0.2) is 42.6 Å². The van der Waals surface area contributed by atoms with Crippen LogP contribution in [0.5, 0.6) is 0 Å². The van der Waals surface area contributed by atoms with Gasteiger partial charge in [0.1, 0.15) is 0 Å². The highest BCUT2D eigenvalue weighted by Crippen LogP contribution is 2.15. The van der Waals surface area contributed by atoms with Gasteiger partial charge in [-0.05, 0) is 12.1 Å². The van der Waals surface area contributed by atoms with Crippen LogP contribution < -0.4 is 10.2 Å². The molecule has 14 heavy (non-hydrogen) atoms. The second-order valence-corrected chi connectivity index (χ2v) is 2.74. The first kappa shape index (κ1) is 8.50. The fourth-order valence-electron chi connectivity index (χ4n) is 1.21. The minimum atomic E-state index is -0.552. The van der Waals surface area contributed by atoms with Crippen molar-refractivity contribution in [1.82, 2.24) is 5.32 Å². The summed E-state index contributed by atoms with van der Waals surface area (Å²) in [5.74, 6) is -0.365. The van der Waals surface area contributed by atoms with Crippen molar-refractivity contribution in [2.75, 3.05) is 4.90 Å². The number of imide groups is 1. The molecule has 2 rings (SSSR count). The zero-order valence-corrected chi connectivity index (χ0v) is 7.25. The molecule has 0 fully saturated rings. The Morgan fingerprint density at radius 3 is 2.43 bits per heavy atom. The van der Waals surface area contributed by atoms with Crippen LogP contribution in [0.4, 0.5) is 10.5 Å². The molecule has 0 spiro atoms. The number of nitrogens with zero attached hydrogens (tertiary/aromatic N) is 2. The minimum Gasteiger partial charge on any atom is -0.269 e. The predicted molar refractivity (Wildman–Crippen MR) is 50.6 cm³/mol. The van der Waals surface area contributed by atoms with Crippen molar-refractivity contribution in [1.29, 1.82) is 0 Å². The van der Waals surface area contributed by atoms with E-state index < -0.39 is 6.03 Å². The molecule has 0 saturated carbocycles. The molecule has 0 unspecified atom stereocenters. The number of carbonyl (C=O) groups is 2. The Morgan fingerprint density at radius 2 is 1.79 bits per heavy atom. The minimum absolute atomic E-state index is 0.365. The van der Waals surface area contributed by atoms with Crippen molar-refractivity contribution in [3.05, 3.63) is 42.6 Å². The molecule has 1 aromatic carbocycles. The third-order valence-corrected chi connectivity index (χ3v) is 1.83. The van der Waals surface area contributed by atoms with Gasteiger partial charge in [0, 0.05) is 12.3 Å². The highest BCUT2D eigenvalue weighted by molar-refractivity contribution is 6.20. The highest BCUT2D eigenvalue weighted by Gasteiger charge is 2.24. The summed E-state index contributed by atoms with van der Waals surface area (Å²) >= 11 is 0. The molecule has 1 aromatic rings. The average molecular weight is 187 g/mol. The molecule has 3 amide bonds. The summed E-state index contributed by atoms with van der Waals surface area (Å²) in [6.07, 6.45) is 2.47. The number of rotatable bonds is 1. The van der Waals surface area contributed by atoms with Gasteiger partial charge in [-0.25, -0.2) is 15.0 Å². The van der Waals surface area contributed by atoms with Gasteiger partial charge in [0.25, 0.3) is 5.91 Å². The van der Waals surface area contributed by atoms with Gasteiger partial charge in [-0.3, -0.25) is 4.79 Å². The van der Waals surface area contributed by atoms with Gasteiger partial charge in [-0.2, -0.15) is 0 Å². The lowest BCUT2D eigenvalue weighted by Gasteiger charge is -2.20. The van der Waals surface area contributed by atoms with Crippen LogP contribution in [0.3, 0.4) is 0 Å². The van der Waals surface area contributed by atoms with Gasteiger partial charge in [0.05, 0.1) is 5.69 Å². The quantitative estimate of drug-likeness (QED) is 0.664. The Kier molecular flexibility index (Phi) is 2.02. The topological polar surface area (TPSA) is 51.5 Å². The van der Waals surface area contributed by atoms with Crippen molar-refractivity contribution < 1.29 is 9.59 Å². The third kappa shape index (κ3) is 1.37. The summed E-state index contributed by atoms with van der Waals surface area (Å²) in [5.41, 5.74) is 0.538. The van der Waals surface area contributed by atoms with Crippen LogP contribution >= 0.6 is 0 Å². The summed E-state index contributed by atoms with van der Waals surface area (Å²) in [7, 11) is 0. The Balaban J connectivity index is 2.38. The van der Waals surface area contributed by atoms with E-state index in [0.717, 1.165) is 4.90 Å². The molecule has 4 nitrogen and oxygen atoms in total. The van der Waals surface area contributed by atoms with Crippen LogP contribution in [0.25, 0.3) is 0 Å². The fraction of sp³-hybridized carbons (Fsp3) is 0. The van der Waals surface area contributed by atoms with Crippen molar-refractivity contribution in [3.63, 3.8) is 0 Å². The molecule has 1 radical (unpaired) electrons. The first-order chi connectivity index (χ1) is 6.79. The normalized spacial score (nSPS) is 15.6. The Morgan fingerprint density at radius 1 is 1.07 bits per heavy atom. The molecule has 0 saturated heterocycles. The smallest absolute Gasteiger partial charge is 0.269 e. The first-order valence-corrected chi connectivity index (χ1v) is 4.09. The summed E-state index contributed by atoms with van der Waals surface area (Å²) in [4.78, 5) is 23.7. The molecule has 0 aromatic heterocycles. The van der Waals surface area contributed by atoms with Gasteiger partial charge < -0.3 is 0 Å². The standard InChI is InChI=1S/C10H7N2O2/c13-9-6-7-11-10(14)12(9)8-4-2-1-3-5-8/h1-7H. The summed E-state index contributed by atoms with van der Waals surface area (Å²) in [6, 6.07) is 8.15. The van der Waals surface area contributed by atoms with Crippen molar-refractivity contribution in [3.8, 4) is 0 Å². The Hall–Kier alpha value is -2.10. The summed E-state index contributed by atoms with van der Waals surface area (Å²) in [6.45, 7) is 0. The zero-order valence-electron chi connectivity index (χ0n) is 7.25. The van der Waals surface area contributed by atoms with Crippen molar-refractivity contribution in [2.45, 2.75) is 0 Å². The number of hydrogen-bond donors (Lipinski definition) is 0. The van der Waals surface area contributed by atoms with Crippen LogP contribution in [0.1, 0.15) is 0 Å². The Labute approximate surface area is 80.8 Å². The van der Waals surface area contributed by atoms with Crippen molar-refractivity contribution in [2.24, 2.45) is 0 Å². The van der Waals surface area contributed by atoms with Crippen molar-refractivity contribution >= 4 is 17.6 Å². The van der Waals surface area contributed by atoms with Gasteiger partial charge >= 0.3 is 6.03 Å². The molecule has 1 heterocycles. The van der Waals surface area contributed by atoms with Crippen LogP contribution in [-0.4, -0.2) is 11.9 Å². The first-order valence-electron chi connectivity index (χ1n) is 4.09. The maximum atomic E-state index is 11.4. The molecular weight excluding hydrogens is 180 g/mol. The summed E-state index contributed by atoms with van der Waals surface area (Å²) < 4.78 is 0. The number of urea groups is 1. The number of amides is 3. The van der Waals surface area contributed by atoms with E-state index in [4.69, 9.17) is 0 Å².